The highest BCUT2D eigenvalue weighted by Crippen LogP contribution is 2.40. The van der Waals surface area contributed by atoms with Gasteiger partial charge in [0, 0.05) is 11.5 Å². The van der Waals surface area contributed by atoms with Crippen molar-refractivity contribution in [3.63, 3.8) is 0 Å². The van der Waals surface area contributed by atoms with Crippen molar-refractivity contribution in [1.29, 1.82) is 0 Å². The van der Waals surface area contributed by atoms with Gasteiger partial charge >= 0.3 is 0 Å². The van der Waals surface area contributed by atoms with E-state index in [1.807, 2.05) is 12.1 Å². The molecule has 2 nitrogen and oxygen atoms in total. The quantitative estimate of drug-likeness (QED) is 0.897. The van der Waals surface area contributed by atoms with Gasteiger partial charge in [-0.3, -0.25) is 4.79 Å². The molecule has 0 heterocycles. The Hall–Kier alpha value is -2.23. The van der Waals surface area contributed by atoms with Crippen LogP contribution in [-0.2, 0) is 6.42 Å². The largest absolute Gasteiger partial charge is 0.366 e. The van der Waals surface area contributed by atoms with E-state index in [1.165, 1.54) is 12.1 Å². The molecule has 4 heteroatoms. The zero-order valence-electron chi connectivity index (χ0n) is 10.7. The molecule has 0 bridgehead atoms. The molecule has 1 aliphatic carbocycles. The minimum Gasteiger partial charge on any atom is -0.366 e. The third-order valence-corrected chi connectivity index (χ3v) is 3.86. The van der Waals surface area contributed by atoms with Gasteiger partial charge in [-0.1, -0.05) is 18.2 Å². The summed E-state index contributed by atoms with van der Waals surface area (Å²) in [6.45, 7) is 0. The lowest BCUT2D eigenvalue weighted by Crippen LogP contribution is -2.15. The summed E-state index contributed by atoms with van der Waals surface area (Å²) in [6.07, 6.45) is 1.40. The Labute approximate surface area is 115 Å². The lowest BCUT2D eigenvalue weighted by atomic mass is 9.89. The van der Waals surface area contributed by atoms with Crippen LogP contribution in [0.4, 0.5) is 8.78 Å². The van der Waals surface area contributed by atoms with Crippen LogP contribution in [0.3, 0.4) is 0 Å². The fourth-order valence-electron chi connectivity index (χ4n) is 2.95. The molecule has 102 valence electrons. The molecule has 0 saturated carbocycles. The lowest BCUT2D eigenvalue weighted by Gasteiger charge is -2.15. The highest BCUT2D eigenvalue weighted by molar-refractivity contribution is 5.94. The van der Waals surface area contributed by atoms with E-state index in [0.29, 0.717) is 12.0 Å². The van der Waals surface area contributed by atoms with E-state index in [-0.39, 0.29) is 5.92 Å². The standard InChI is InChI=1S/C16H13F2NO/c17-14-7-9-5-6-11(13(9)8-15(14)18)10-3-1-2-4-12(10)16(19)20/h1-4,7-8,11H,5-6H2,(H2,19,20)/t11-/m0/s1. The fraction of sp³-hybridized carbons (Fsp3) is 0.188. The topological polar surface area (TPSA) is 43.1 Å². The van der Waals surface area contributed by atoms with Crippen LogP contribution in [-0.4, -0.2) is 5.91 Å². The molecule has 0 saturated heterocycles. The van der Waals surface area contributed by atoms with Crippen molar-refractivity contribution in [1.82, 2.24) is 0 Å². The Morgan fingerprint density at radius 1 is 1.10 bits per heavy atom. The highest BCUT2D eigenvalue weighted by Gasteiger charge is 2.28. The number of primary amides is 1. The number of rotatable bonds is 2. The third kappa shape index (κ3) is 1.97. The van der Waals surface area contributed by atoms with Crippen molar-refractivity contribution in [2.45, 2.75) is 18.8 Å². The molecular weight excluding hydrogens is 260 g/mol. The predicted molar refractivity (Wildman–Crippen MR) is 71.5 cm³/mol. The number of halogens is 2. The van der Waals surface area contributed by atoms with Crippen molar-refractivity contribution < 1.29 is 13.6 Å². The third-order valence-electron chi connectivity index (χ3n) is 3.86. The van der Waals surface area contributed by atoms with Crippen LogP contribution in [0, 0.1) is 11.6 Å². The average Bonchev–Trinajstić information content (AvgIpc) is 2.82. The van der Waals surface area contributed by atoms with Crippen LogP contribution in [0.1, 0.15) is 39.4 Å². The van der Waals surface area contributed by atoms with E-state index in [0.717, 1.165) is 23.1 Å². The molecule has 0 unspecified atom stereocenters. The Bertz CT molecular complexity index is 697. The van der Waals surface area contributed by atoms with Gasteiger partial charge in [-0.15, -0.1) is 0 Å². The summed E-state index contributed by atoms with van der Waals surface area (Å²) in [5.41, 5.74) is 8.15. The summed E-state index contributed by atoms with van der Waals surface area (Å²) in [7, 11) is 0. The van der Waals surface area contributed by atoms with E-state index in [1.54, 1.807) is 12.1 Å². The van der Waals surface area contributed by atoms with Crippen LogP contribution in [0.15, 0.2) is 36.4 Å². The number of carbonyl (C=O) groups is 1. The maximum Gasteiger partial charge on any atom is 0.248 e. The zero-order valence-corrected chi connectivity index (χ0v) is 10.7. The van der Waals surface area contributed by atoms with Crippen molar-refractivity contribution in [3.8, 4) is 0 Å². The number of carbonyl (C=O) groups excluding carboxylic acids is 1. The van der Waals surface area contributed by atoms with Gasteiger partial charge in [0.2, 0.25) is 5.91 Å². The summed E-state index contributed by atoms with van der Waals surface area (Å²) in [5.74, 6) is -2.29. The van der Waals surface area contributed by atoms with E-state index < -0.39 is 17.5 Å². The maximum absolute atomic E-state index is 13.5. The van der Waals surface area contributed by atoms with E-state index in [4.69, 9.17) is 5.73 Å². The molecule has 0 aromatic heterocycles. The number of benzene rings is 2. The van der Waals surface area contributed by atoms with E-state index >= 15 is 0 Å². The minimum absolute atomic E-state index is 0.108. The Morgan fingerprint density at radius 2 is 1.80 bits per heavy atom. The Morgan fingerprint density at radius 3 is 2.55 bits per heavy atom. The molecule has 1 atom stereocenters. The van der Waals surface area contributed by atoms with Crippen LogP contribution in [0.2, 0.25) is 0 Å². The van der Waals surface area contributed by atoms with Crippen molar-refractivity contribution in [2.24, 2.45) is 5.73 Å². The van der Waals surface area contributed by atoms with Gasteiger partial charge < -0.3 is 5.73 Å². The highest BCUT2D eigenvalue weighted by atomic mass is 19.2. The van der Waals surface area contributed by atoms with Gasteiger partial charge in [-0.05, 0) is 47.7 Å². The molecule has 0 spiro atoms. The second-order valence-corrected chi connectivity index (χ2v) is 5.01. The number of amides is 1. The van der Waals surface area contributed by atoms with Gasteiger partial charge in [0.25, 0.3) is 0 Å². The molecule has 0 radical (unpaired) electrons. The molecule has 2 N–H and O–H groups in total. The van der Waals surface area contributed by atoms with Gasteiger partial charge in [0.05, 0.1) is 0 Å². The molecule has 1 aliphatic rings. The normalized spacial score (nSPS) is 17.0. The Kier molecular flexibility index (Phi) is 3.01. The number of nitrogens with two attached hydrogens (primary N) is 1. The zero-order chi connectivity index (χ0) is 14.3. The molecule has 0 fully saturated rings. The number of hydrogen-bond donors (Lipinski definition) is 1. The summed E-state index contributed by atoms with van der Waals surface area (Å²) >= 11 is 0. The minimum atomic E-state index is -0.854. The van der Waals surface area contributed by atoms with Gasteiger partial charge in [0.1, 0.15) is 0 Å². The molecule has 1 amide bonds. The summed E-state index contributed by atoms with van der Waals surface area (Å²) in [4.78, 5) is 11.5. The molecular formula is C16H13F2NO. The first-order valence-corrected chi connectivity index (χ1v) is 6.44. The van der Waals surface area contributed by atoms with Crippen molar-refractivity contribution >= 4 is 5.91 Å². The number of aryl methyl sites for hydroxylation is 1. The number of hydrogen-bond acceptors (Lipinski definition) is 1. The van der Waals surface area contributed by atoms with Crippen molar-refractivity contribution in [2.75, 3.05) is 0 Å². The van der Waals surface area contributed by atoms with Crippen LogP contribution in [0.5, 0.6) is 0 Å². The van der Waals surface area contributed by atoms with Crippen LogP contribution >= 0.6 is 0 Å². The van der Waals surface area contributed by atoms with E-state index in [9.17, 15) is 13.6 Å². The molecule has 2 aromatic rings. The summed E-state index contributed by atoms with van der Waals surface area (Å²) in [5, 5.41) is 0. The SMILES string of the molecule is NC(=O)c1ccccc1[C@@H]1CCc2cc(F)c(F)cc21. The Balaban J connectivity index is 2.12. The van der Waals surface area contributed by atoms with Crippen molar-refractivity contribution in [3.05, 3.63) is 70.3 Å². The van der Waals surface area contributed by atoms with Crippen LogP contribution in [0.25, 0.3) is 0 Å². The van der Waals surface area contributed by atoms with Crippen LogP contribution < -0.4 is 5.73 Å². The fourth-order valence-corrected chi connectivity index (χ4v) is 2.95. The first-order chi connectivity index (χ1) is 9.58. The predicted octanol–water partition coefficient (Wildman–Crippen LogP) is 3.14. The smallest absolute Gasteiger partial charge is 0.248 e. The second-order valence-electron chi connectivity index (χ2n) is 5.01. The second kappa shape index (κ2) is 4.71. The summed E-state index contributed by atoms with van der Waals surface area (Å²) in [6, 6.07) is 9.53. The molecule has 3 rings (SSSR count). The van der Waals surface area contributed by atoms with Gasteiger partial charge in [-0.2, -0.15) is 0 Å². The molecule has 20 heavy (non-hydrogen) atoms. The molecule has 0 aliphatic heterocycles. The molecule has 2 aromatic carbocycles. The average molecular weight is 273 g/mol. The first-order valence-electron chi connectivity index (χ1n) is 6.44. The first kappa shape index (κ1) is 12.8. The van der Waals surface area contributed by atoms with Gasteiger partial charge in [0.15, 0.2) is 11.6 Å². The summed E-state index contributed by atoms with van der Waals surface area (Å²) < 4.78 is 26.7. The lowest BCUT2D eigenvalue weighted by molar-refractivity contribution is 0.0999. The van der Waals surface area contributed by atoms with E-state index in [2.05, 4.69) is 0 Å². The number of fused-ring (bicyclic) bond motifs is 1. The monoisotopic (exact) mass is 273 g/mol. The maximum atomic E-state index is 13.5. The van der Waals surface area contributed by atoms with Gasteiger partial charge in [-0.25, -0.2) is 8.78 Å².